The van der Waals surface area contributed by atoms with Gasteiger partial charge in [-0.15, -0.1) is 0 Å². The number of benzene rings is 1. The number of carboxylic acids is 1. The van der Waals surface area contributed by atoms with E-state index < -0.39 is 5.97 Å². The molecule has 7 heteroatoms. The molecule has 1 fully saturated rings. The zero-order valence-electron chi connectivity index (χ0n) is 16.0. The highest BCUT2D eigenvalue weighted by atomic mass is 32.1. The first-order valence-corrected chi connectivity index (χ1v) is 10.00. The number of pyridine rings is 1. The van der Waals surface area contributed by atoms with E-state index in [0.717, 1.165) is 35.2 Å². The highest BCUT2D eigenvalue weighted by Gasteiger charge is 2.40. The van der Waals surface area contributed by atoms with E-state index in [9.17, 15) is 9.90 Å². The van der Waals surface area contributed by atoms with E-state index in [-0.39, 0.29) is 17.6 Å². The number of hydrogen-bond donors (Lipinski definition) is 2. The molecule has 0 aliphatic carbocycles. The van der Waals surface area contributed by atoms with Gasteiger partial charge in [0.25, 0.3) is 0 Å². The maximum absolute atomic E-state index is 11.2. The lowest BCUT2D eigenvalue weighted by molar-refractivity contribution is 0.0697. The second kappa shape index (κ2) is 8.05. The van der Waals surface area contributed by atoms with Crippen molar-refractivity contribution in [2.45, 2.75) is 25.4 Å². The number of rotatable bonds is 6. The topological polar surface area (TPSA) is 70.4 Å². The van der Waals surface area contributed by atoms with Crippen molar-refractivity contribution < 1.29 is 9.90 Å². The van der Waals surface area contributed by atoms with Crippen molar-refractivity contribution >= 4 is 23.3 Å². The average molecular weight is 407 g/mol. The van der Waals surface area contributed by atoms with E-state index in [1.54, 1.807) is 18.3 Å². The fourth-order valence-electron chi connectivity index (χ4n) is 3.84. The van der Waals surface area contributed by atoms with Gasteiger partial charge >= 0.3 is 5.97 Å². The van der Waals surface area contributed by atoms with Crippen LogP contribution < -0.4 is 5.32 Å². The van der Waals surface area contributed by atoms with Crippen LogP contribution in [0.4, 0.5) is 0 Å². The first-order chi connectivity index (χ1) is 14.1. The molecule has 3 aromatic rings. The van der Waals surface area contributed by atoms with Crippen molar-refractivity contribution in [3.63, 3.8) is 0 Å². The standard InChI is InChI=1S/C22H22N4O2S/c1-2-13-26-20(19(24-22(26)29)17-6-3-4-12-23-17)18-7-5-14-25(18)16-10-8-15(9-11-16)21(27)28/h3-12,14,19-20H,2,13H2,1H3,(H,24,29)(H,27,28)/t19-,20+/m0/s1. The number of carboxylic acid groups (broad SMARTS) is 1. The Bertz CT molecular complexity index is 1020. The van der Waals surface area contributed by atoms with Crippen molar-refractivity contribution in [3.05, 3.63) is 83.9 Å². The number of carbonyl (C=O) groups is 1. The monoisotopic (exact) mass is 406 g/mol. The molecule has 1 aliphatic heterocycles. The molecule has 2 N–H and O–H groups in total. The van der Waals surface area contributed by atoms with Crippen LogP contribution in [-0.4, -0.2) is 37.2 Å². The Morgan fingerprint density at radius 2 is 1.97 bits per heavy atom. The van der Waals surface area contributed by atoms with Crippen LogP contribution in [0.1, 0.15) is 47.2 Å². The van der Waals surface area contributed by atoms with Crippen LogP contribution in [0.2, 0.25) is 0 Å². The minimum Gasteiger partial charge on any atom is -0.478 e. The normalized spacial score (nSPS) is 18.7. The Morgan fingerprint density at radius 1 is 1.17 bits per heavy atom. The third-order valence-electron chi connectivity index (χ3n) is 5.14. The third-order valence-corrected chi connectivity index (χ3v) is 5.49. The van der Waals surface area contributed by atoms with Gasteiger partial charge in [-0.2, -0.15) is 0 Å². The maximum atomic E-state index is 11.2. The van der Waals surface area contributed by atoms with Gasteiger partial charge in [-0.25, -0.2) is 4.79 Å². The second-order valence-electron chi connectivity index (χ2n) is 6.98. The molecule has 0 spiro atoms. The zero-order chi connectivity index (χ0) is 20.4. The highest BCUT2D eigenvalue weighted by Crippen LogP contribution is 2.39. The van der Waals surface area contributed by atoms with Gasteiger partial charge in [-0.1, -0.05) is 13.0 Å². The van der Waals surface area contributed by atoms with Crippen LogP contribution in [-0.2, 0) is 0 Å². The molecule has 1 saturated heterocycles. The van der Waals surface area contributed by atoms with Crippen molar-refractivity contribution in [1.82, 2.24) is 19.8 Å². The molecule has 0 bridgehead atoms. The molecule has 148 valence electrons. The predicted molar refractivity (Wildman–Crippen MR) is 115 cm³/mol. The zero-order valence-corrected chi connectivity index (χ0v) is 16.8. The lowest BCUT2D eigenvalue weighted by Crippen LogP contribution is -2.31. The summed E-state index contributed by atoms with van der Waals surface area (Å²) in [5.41, 5.74) is 3.19. The molecule has 0 radical (unpaired) electrons. The number of hydrogen-bond acceptors (Lipinski definition) is 3. The fraction of sp³-hybridized carbons (Fsp3) is 0.227. The molecule has 2 aromatic heterocycles. The lowest BCUT2D eigenvalue weighted by atomic mass is 10.0. The Kier molecular flexibility index (Phi) is 5.31. The summed E-state index contributed by atoms with van der Waals surface area (Å²) in [5, 5.41) is 13.3. The molecule has 4 rings (SSSR count). The molecule has 6 nitrogen and oxygen atoms in total. The summed E-state index contributed by atoms with van der Waals surface area (Å²) in [6.45, 7) is 2.97. The minimum atomic E-state index is -0.932. The lowest BCUT2D eigenvalue weighted by Gasteiger charge is -2.28. The summed E-state index contributed by atoms with van der Waals surface area (Å²) < 4.78 is 2.09. The van der Waals surface area contributed by atoms with E-state index in [1.807, 2.05) is 42.6 Å². The van der Waals surface area contributed by atoms with Gasteiger partial charge in [0.05, 0.1) is 23.3 Å². The summed E-state index contributed by atoms with van der Waals surface area (Å²) >= 11 is 5.65. The van der Waals surface area contributed by atoms with E-state index in [2.05, 4.69) is 32.8 Å². The van der Waals surface area contributed by atoms with Gasteiger partial charge in [0.1, 0.15) is 0 Å². The third kappa shape index (κ3) is 3.61. The number of aromatic carboxylic acids is 1. The van der Waals surface area contributed by atoms with Gasteiger partial charge in [0.15, 0.2) is 5.11 Å². The van der Waals surface area contributed by atoms with E-state index in [1.165, 1.54) is 0 Å². The number of nitrogens with one attached hydrogen (secondary N) is 1. The number of nitrogens with zero attached hydrogens (tertiary/aromatic N) is 3. The predicted octanol–water partition coefficient (Wildman–Crippen LogP) is 3.95. The van der Waals surface area contributed by atoms with Crippen molar-refractivity contribution in [2.75, 3.05) is 6.54 Å². The van der Waals surface area contributed by atoms with E-state index in [0.29, 0.717) is 0 Å². The number of thiocarbonyl (C=S) groups is 1. The molecule has 29 heavy (non-hydrogen) atoms. The SMILES string of the molecule is CCCN1C(=S)N[C@@H](c2ccccn2)[C@H]1c1cccn1-c1ccc(C(=O)O)cc1. The molecule has 0 saturated carbocycles. The minimum absolute atomic E-state index is 0.0218. The summed E-state index contributed by atoms with van der Waals surface area (Å²) in [6.07, 6.45) is 4.76. The number of aromatic nitrogens is 2. The van der Waals surface area contributed by atoms with E-state index in [4.69, 9.17) is 12.2 Å². The van der Waals surface area contributed by atoms with Gasteiger partial charge in [0, 0.05) is 30.3 Å². The molecule has 1 aliphatic rings. The van der Waals surface area contributed by atoms with Crippen LogP contribution in [0.5, 0.6) is 0 Å². The highest BCUT2D eigenvalue weighted by molar-refractivity contribution is 7.80. The van der Waals surface area contributed by atoms with Gasteiger partial charge in [-0.3, -0.25) is 4.98 Å². The summed E-state index contributed by atoms with van der Waals surface area (Å²) in [7, 11) is 0. The summed E-state index contributed by atoms with van der Waals surface area (Å²) in [5.74, 6) is -0.932. The average Bonchev–Trinajstić information content (AvgIpc) is 3.34. The van der Waals surface area contributed by atoms with Crippen molar-refractivity contribution in [1.29, 1.82) is 0 Å². The Hall–Kier alpha value is -3.19. The summed E-state index contributed by atoms with van der Waals surface area (Å²) in [4.78, 5) is 18.0. The molecule has 0 amide bonds. The smallest absolute Gasteiger partial charge is 0.335 e. The Morgan fingerprint density at radius 3 is 2.62 bits per heavy atom. The van der Waals surface area contributed by atoms with Crippen LogP contribution >= 0.6 is 12.2 Å². The van der Waals surface area contributed by atoms with Gasteiger partial charge < -0.3 is 19.9 Å². The second-order valence-corrected chi connectivity index (χ2v) is 7.36. The quantitative estimate of drug-likeness (QED) is 0.604. The fourth-order valence-corrected chi connectivity index (χ4v) is 4.18. The van der Waals surface area contributed by atoms with Crippen molar-refractivity contribution in [3.8, 4) is 5.69 Å². The molecule has 2 atom stereocenters. The van der Waals surface area contributed by atoms with Crippen molar-refractivity contribution in [2.24, 2.45) is 0 Å². The Labute approximate surface area is 174 Å². The van der Waals surface area contributed by atoms with Crippen LogP contribution in [0, 0.1) is 0 Å². The van der Waals surface area contributed by atoms with Crippen LogP contribution in [0.3, 0.4) is 0 Å². The van der Waals surface area contributed by atoms with Crippen LogP contribution in [0.15, 0.2) is 67.0 Å². The Balaban J connectivity index is 1.77. The first kappa shape index (κ1) is 19.1. The summed E-state index contributed by atoms with van der Waals surface area (Å²) in [6, 6.07) is 16.8. The van der Waals surface area contributed by atoms with E-state index >= 15 is 0 Å². The molecule has 1 aromatic carbocycles. The molecule has 3 heterocycles. The maximum Gasteiger partial charge on any atom is 0.335 e. The van der Waals surface area contributed by atoms with Crippen LogP contribution in [0.25, 0.3) is 5.69 Å². The first-order valence-electron chi connectivity index (χ1n) is 9.59. The molecular formula is C22H22N4O2S. The van der Waals surface area contributed by atoms with Gasteiger partial charge in [0.2, 0.25) is 0 Å². The molecular weight excluding hydrogens is 384 g/mol. The largest absolute Gasteiger partial charge is 0.478 e. The van der Waals surface area contributed by atoms with Gasteiger partial charge in [-0.05, 0) is 67.2 Å². The molecule has 0 unspecified atom stereocenters.